The summed E-state index contributed by atoms with van der Waals surface area (Å²) in [5, 5.41) is 10.2. The van der Waals surface area contributed by atoms with Crippen LogP contribution >= 0.6 is 12.4 Å². The fourth-order valence-electron chi connectivity index (χ4n) is 1.85. The van der Waals surface area contributed by atoms with Gasteiger partial charge in [-0.25, -0.2) is 4.68 Å². The molecule has 0 radical (unpaired) electrons. The normalized spacial score (nSPS) is 9.91. The van der Waals surface area contributed by atoms with Gasteiger partial charge < -0.3 is 15.4 Å². The summed E-state index contributed by atoms with van der Waals surface area (Å²) in [5.74, 6) is 0.825. The van der Waals surface area contributed by atoms with E-state index < -0.39 is 0 Å². The zero-order valence-electron chi connectivity index (χ0n) is 12.7. The quantitative estimate of drug-likeness (QED) is 0.810. The highest BCUT2D eigenvalue weighted by Gasteiger charge is 2.04. The SMILES string of the molecule is CNCCC(=O)NCc1ccn(-c2ccc(OC)cc2)n1.Cl. The van der Waals surface area contributed by atoms with Gasteiger partial charge in [0.05, 0.1) is 25.0 Å². The zero-order valence-corrected chi connectivity index (χ0v) is 13.5. The minimum atomic E-state index is 0. The predicted molar refractivity (Wildman–Crippen MR) is 87.8 cm³/mol. The van der Waals surface area contributed by atoms with Crippen molar-refractivity contribution >= 4 is 18.3 Å². The van der Waals surface area contributed by atoms with E-state index in [4.69, 9.17) is 4.74 Å². The van der Waals surface area contributed by atoms with Gasteiger partial charge in [0.15, 0.2) is 0 Å². The molecule has 6 nitrogen and oxygen atoms in total. The molecule has 0 saturated carbocycles. The van der Waals surface area contributed by atoms with Gasteiger partial charge in [0, 0.05) is 19.2 Å². The number of rotatable bonds is 7. The lowest BCUT2D eigenvalue weighted by atomic mass is 10.3. The van der Waals surface area contributed by atoms with Gasteiger partial charge in [-0.15, -0.1) is 12.4 Å². The second-order valence-corrected chi connectivity index (χ2v) is 4.58. The molecule has 120 valence electrons. The Kier molecular flexibility index (Phi) is 7.42. The molecule has 0 saturated heterocycles. The molecule has 0 fully saturated rings. The lowest BCUT2D eigenvalue weighted by molar-refractivity contribution is -0.121. The number of aromatic nitrogens is 2. The number of hydrogen-bond acceptors (Lipinski definition) is 4. The number of carbonyl (C=O) groups excluding carboxylic acids is 1. The fourth-order valence-corrected chi connectivity index (χ4v) is 1.85. The van der Waals surface area contributed by atoms with Gasteiger partial charge in [-0.1, -0.05) is 0 Å². The van der Waals surface area contributed by atoms with Crippen LogP contribution in [0.25, 0.3) is 5.69 Å². The molecule has 1 amide bonds. The molecule has 0 aliphatic carbocycles. The Balaban J connectivity index is 0.00000242. The second kappa shape index (κ2) is 9.07. The number of carbonyl (C=O) groups is 1. The van der Waals surface area contributed by atoms with Gasteiger partial charge in [-0.2, -0.15) is 5.10 Å². The van der Waals surface area contributed by atoms with E-state index in [0.717, 1.165) is 17.1 Å². The average Bonchev–Trinajstić information content (AvgIpc) is 3.00. The van der Waals surface area contributed by atoms with Crippen LogP contribution in [0.4, 0.5) is 0 Å². The van der Waals surface area contributed by atoms with E-state index in [9.17, 15) is 4.79 Å². The topological polar surface area (TPSA) is 68.2 Å². The summed E-state index contributed by atoms with van der Waals surface area (Å²) in [6.45, 7) is 1.11. The Morgan fingerprint density at radius 3 is 2.64 bits per heavy atom. The minimum absolute atomic E-state index is 0. The van der Waals surface area contributed by atoms with Crippen molar-refractivity contribution in [2.24, 2.45) is 0 Å². The van der Waals surface area contributed by atoms with Crippen LogP contribution in [-0.2, 0) is 11.3 Å². The van der Waals surface area contributed by atoms with Crippen LogP contribution in [0.15, 0.2) is 36.5 Å². The van der Waals surface area contributed by atoms with Gasteiger partial charge in [0.1, 0.15) is 5.75 Å². The van der Waals surface area contributed by atoms with Gasteiger partial charge >= 0.3 is 0 Å². The molecular formula is C15H21ClN4O2. The van der Waals surface area contributed by atoms with E-state index in [1.165, 1.54) is 0 Å². The van der Waals surface area contributed by atoms with Gasteiger partial charge in [0.25, 0.3) is 0 Å². The van der Waals surface area contributed by atoms with Crippen LogP contribution in [0.3, 0.4) is 0 Å². The molecule has 1 aromatic heterocycles. The maximum atomic E-state index is 11.5. The first-order valence-corrected chi connectivity index (χ1v) is 6.83. The number of amides is 1. The van der Waals surface area contributed by atoms with Crippen LogP contribution < -0.4 is 15.4 Å². The predicted octanol–water partition coefficient (Wildman–Crippen LogP) is 1.53. The molecule has 2 rings (SSSR count). The number of nitrogens with zero attached hydrogens (tertiary/aromatic N) is 2. The van der Waals surface area contributed by atoms with Crippen LogP contribution in [-0.4, -0.2) is 36.4 Å². The van der Waals surface area contributed by atoms with Crippen molar-refractivity contribution in [3.05, 3.63) is 42.2 Å². The third kappa shape index (κ3) is 5.05. The Bertz CT molecular complexity index is 583. The van der Waals surface area contributed by atoms with Crippen molar-refractivity contribution in [3.63, 3.8) is 0 Å². The largest absolute Gasteiger partial charge is 0.497 e. The maximum Gasteiger partial charge on any atom is 0.221 e. The summed E-state index contributed by atoms with van der Waals surface area (Å²) in [6, 6.07) is 9.53. The van der Waals surface area contributed by atoms with Crippen molar-refractivity contribution in [1.29, 1.82) is 0 Å². The Labute approximate surface area is 136 Å². The van der Waals surface area contributed by atoms with Crippen LogP contribution in [0.5, 0.6) is 5.75 Å². The van der Waals surface area contributed by atoms with Crippen molar-refractivity contribution in [2.75, 3.05) is 20.7 Å². The first-order valence-electron chi connectivity index (χ1n) is 6.83. The van der Waals surface area contributed by atoms with Crippen LogP contribution in [0, 0.1) is 0 Å². The third-order valence-electron chi connectivity index (χ3n) is 3.05. The summed E-state index contributed by atoms with van der Waals surface area (Å²) < 4.78 is 6.90. The highest BCUT2D eigenvalue weighted by molar-refractivity contribution is 5.85. The standard InChI is InChI=1S/C15H20N4O2.ClH/c1-16-9-7-15(20)17-11-12-8-10-19(18-12)13-3-5-14(21-2)6-4-13;/h3-6,8,10,16H,7,9,11H2,1-2H3,(H,17,20);1H. The molecule has 1 heterocycles. The second-order valence-electron chi connectivity index (χ2n) is 4.58. The Morgan fingerprint density at radius 2 is 2.00 bits per heavy atom. The monoisotopic (exact) mass is 324 g/mol. The summed E-state index contributed by atoms with van der Waals surface area (Å²) in [4.78, 5) is 11.5. The molecule has 1 aromatic carbocycles. The number of halogens is 1. The molecular weight excluding hydrogens is 304 g/mol. The lowest BCUT2D eigenvalue weighted by Crippen LogP contribution is -2.26. The number of benzene rings is 1. The fraction of sp³-hybridized carbons (Fsp3) is 0.333. The Hall–Kier alpha value is -2.05. The number of ether oxygens (including phenoxy) is 1. The average molecular weight is 325 g/mol. The molecule has 7 heteroatoms. The highest BCUT2D eigenvalue weighted by Crippen LogP contribution is 2.14. The molecule has 2 N–H and O–H groups in total. The van der Waals surface area contributed by atoms with Crippen molar-refractivity contribution in [3.8, 4) is 11.4 Å². The number of hydrogen-bond donors (Lipinski definition) is 2. The molecule has 0 atom stereocenters. The third-order valence-corrected chi connectivity index (χ3v) is 3.05. The molecule has 0 aliphatic rings. The van der Waals surface area contributed by atoms with E-state index in [1.54, 1.807) is 11.8 Å². The van der Waals surface area contributed by atoms with Gasteiger partial charge in [-0.3, -0.25) is 4.79 Å². The smallest absolute Gasteiger partial charge is 0.221 e. The number of methoxy groups -OCH3 is 1. The molecule has 2 aromatic rings. The van der Waals surface area contributed by atoms with E-state index >= 15 is 0 Å². The Morgan fingerprint density at radius 1 is 1.27 bits per heavy atom. The first-order chi connectivity index (χ1) is 10.2. The number of nitrogens with one attached hydrogen (secondary N) is 2. The van der Waals surface area contributed by atoms with Gasteiger partial charge in [-0.05, 0) is 37.4 Å². The molecule has 0 aliphatic heterocycles. The van der Waals surface area contributed by atoms with Crippen molar-refractivity contribution < 1.29 is 9.53 Å². The van der Waals surface area contributed by atoms with E-state index in [-0.39, 0.29) is 18.3 Å². The van der Waals surface area contributed by atoms with Crippen molar-refractivity contribution in [1.82, 2.24) is 20.4 Å². The molecule has 22 heavy (non-hydrogen) atoms. The summed E-state index contributed by atoms with van der Waals surface area (Å²) in [6.07, 6.45) is 2.34. The van der Waals surface area contributed by atoms with Gasteiger partial charge in [0.2, 0.25) is 5.91 Å². The lowest BCUT2D eigenvalue weighted by Gasteiger charge is -2.04. The first kappa shape index (κ1) is 18.0. The molecule has 0 unspecified atom stereocenters. The van der Waals surface area contributed by atoms with E-state index in [1.807, 2.05) is 43.6 Å². The summed E-state index contributed by atoms with van der Waals surface area (Å²) in [5.41, 5.74) is 1.77. The highest BCUT2D eigenvalue weighted by atomic mass is 35.5. The minimum Gasteiger partial charge on any atom is -0.497 e. The zero-order chi connectivity index (χ0) is 15.1. The van der Waals surface area contributed by atoms with Crippen molar-refractivity contribution in [2.45, 2.75) is 13.0 Å². The van der Waals surface area contributed by atoms with Crippen LogP contribution in [0.1, 0.15) is 12.1 Å². The maximum absolute atomic E-state index is 11.5. The summed E-state index contributed by atoms with van der Waals surface area (Å²) in [7, 11) is 3.46. The van der Waals surface area contributed by atoms with E-state index in [0.29, 0.717) is 19.5 Å². The molecule has 0 spiro atoms. The molecule has 0 bridgehead atoms. The van der Waals surface area contributed by atoms with Crippen LogP contribution in [0.2, 0.25) is 0 Å². The van der Waals surface area contributed by atoms with E-state index in [2.05, 4.69) is 15.7 Å². The summed E-state index contributed by atoms with van der Waals surface area (Å²) >= 11 is 0.